The summed E-state index contributed by atoms with van der Waals surface area (Å²) >= 11 is 0. The van der Waals surface area contributed by atoms with Crippen molar-refractivity contribution in [1.82, 2.24) is 15.3 Å². The van der Waals surface area contributed by atoms with Crippen molar-refractivity contribution in [2.45, 2.75) is 45.7 Å². The van der Waals surface area contributed by atoms with Gasteiger partial charge in [0.2, 0.25) is 0 Å². The first-order valence-electron chi connectivity index (χ1n) is 6.93. The van der Waals surface area contributed by atoms with Crippen LogP contribution in [0.25, 0.3) is 0 Å². The van der Waals surface area contributed by atoms with Crippen LogP contribution in [0.5, 0.6) is 0 Å². The van der Waals surface area contributed by atoms with Crippen molar-refractivity contribution in [2.24, 2.45) is 5.92 Å². The summed E-state index contributed by atoms with van der Waals surface area (Å²) in [5, 5.41) is 3.09. The Bertz CT molecular complexity index is 357. The van der Waals surface area contributed by atoms with E-state index in [0.717, 1.165) is 30.5 Å². The van der Waals surface area contributed by atoms with Gasteiger partial charge in [-0.15, -0.1) is 0 Å². The second-order valence-corrected chi connectivity index (χ2v) is 5.50. The highest BCUT2D eigenvalue weighted by molar-refractivity contribution is 5.39. The van der Waals surface area contributed by atoms with E-state index in [9.17, 15) is 0 Å². The normalized spacial score (nSPS) is 15.1. The first kappa shape index (κ1) is 13.3. The van der Waals surface area contributed by atoms with Crippen molar-refractivity contribution in [3.63, 3.8) is 0 Å². The molecule has 1 aliphatic carbocycles. The molecule has 0 amide bonds. The van der Waals surface area contributed by atoms with E-state index in [1.807, 2.05) is 19.4 Å². The van der Waals surface area contributed by atoms with Crippen LogP contribution in [-0.4, -0.2) is 29.6 Å². The Balaban J connectivity index is 2.00. The van der Waals surface area contributed by atoms with Gasteiger partial charge in [-0.1, -0.05) is 13.8 Å². The Labute approximate surface area is 110 Å². The van der Waals surface area contributed by atoms with Crippen molar-refractivity contribution in [3.8, 4) is 0 Å². The van der Waals surface area contributed by atoms with Gasteiger partial charge in [-0.2, -0.15) is 0 Å². The van der Waals surface area contributed by atoms with Gasteiger partial charge in [0.1, 0.15) is 5.82 Å². The molecule has 0 spiro atoms. The molecule has 1 N–H and O–H groups in total. The molecular weight excluding hydrogens is 224 g/mol. The van der Waals surface area contributed by atoms with Crippen LogP contribution in [0.4, 0.5) is 5.82 Å². The van der Waals surface area contributed by atoms with Crippen molar-refractivity contribution in [2.75, 3.05) is 18.5 Å². The van der Waals surface area contributed by atoms with Gasteiger partial charge in [-0.3, -0.25) is 4.98 Å². The van der Waals surface area contributed by atoms with Gasteiger partial charge in [-0.25, -0.2) is 4.98 Å². The van der Waals surface area contributed by atoms with Crippen LogP contribution >= 0.6 is 0 Å². The molecule has 1 aromatic heterocycles. The molecule has 100 valence electrons. The average Bonchev–Trinajstić information content (AvgIpc) is 3.16. The minimum absolute atomic E-state index is 0.702. The third-order valence-corrected chi connectivity index (χ3v) is 3.28. The summed E-state index contributed by atoms with van der Waals surface area (Å²) < 4.78 is 0. The Morgan fingerprint density at radius 1 is 1.33 bits per heavy atom. The lowest BCUT2D eigenvalue weighted by atomic mass is 10.1. The fourth-order valence-electron chi connectivity index (χ4n) is 2.04. The van der Waals surface area contributed by atoms with E-state index in [4.69, 9.17) is 0 Å². The van der Waals surface area contributed by atoms with E-state index in [1.165, 1.54) is 19.3 Å². The molecule has 1 fully saturated rings. The Morgan fingerprint density at radius 2 is 2.11 bits per heavy atom. The second kappa shape index (κ2) is 6.14. The highest BCUT2D eigenvalue weighted by Crippen LogP contribution is 2.30. The van der Waals surface area contributed by atoms with Crippen molar-refractivity contribution in [1.29, 1.82) is 0 Å². The van der Waals surface area contributed by atoms with Gasteiger partial charge in [0.25, 0.3) is 0 Å². The van der Waals surface area contributed by atoms with Crippen LogP contribution in [0.15, 0.2) is 12.4 Å². The zero-order valence-electron chi connectivity index (χ0n) is 11.7. The smallest absolute Gasteiger partial charge is 0.147 e. The van der Waals surface area contributed by atoms with E-state index in [0.29, 0.717) is 6.04 Å². The first-order valence-corrected chi connectivity index (χ1v) is 6.93. The molecule has 1 aromatic rings. The van der Waals surface area contributed by atoms with Crippen LogP contribution in [-0.2, 0) is 6.54 Å². The third kappa shape index (κ3) is 3.67. The number of hydrogen-bond donors (Lipinski definition) is 1. The summed E-state index contributed by atoms with van der Waals surface area (Å²) in [5.41, 5.74) is 1.00. The lowest BCUT2D eigenvalue weighted by molar-refractivity contribution is 0.568. The third-order valence-electron chi connectivity index (χ3n) is 3.28. The van der Waals surface area contributed by atoms with Crippen molar-refractivity contribution < 1.29 is 0 Å². The predicted octanol–water partition coefficient (Wildman–Crippen LogP) is 2.21. The van der Waals surface area contributed by atoms with Gasteiger partial charge in [-0.05, 0) is 32.2 Å². The van der Waals surface area contributed by atoms with Gasteiger partial charge in [0.15, 0.2) is 0 Å². The molecule has 0 aromatic carbocycles. The van der Waals surface area contributed by atoms with Crippen LogP contribution in [0.3, 0.4) is 0 Å². The summed E-state index contributed by atoms with van der Waals surface area (Å²) in [6, 6.07) is 0.702. The van der Waals surface area contributed by atoms with Gasteiger partial charge >= 0.3 is 0 Å². The Kier molecular flexibility index (Phi) is 4.53. The zero-order valence-corrected chi connectivity index (χ0v) is 11.7. The number of aromatic nitrogens is 2. The van der Waals surface area contributed by atoms with Crippen LogP contribution < -0.4 is 10.2 Å². The highest BCUT2D eigenvalue weighted by atomic mass is 15.2. The number of rotatable bonds is 7. The molecular formula is C14H24N4. The number of nitrogens with one attached hydrogen (secondary N) is 1. The standard InChI is InChI=1S/C14H24N4/c1-11(2)6-7-18(13-4-5-13)14-10-16-12(8-15-3)9-17-14/h9-11,13,15H,4-8H2,1-3H3. The summed E-state index contributed by atoms with van der Waals surface area (Å²) in [5.74, 6) is 1.78. The van der Waals surface area contributed by atoms with Gasteiger partial charge in [0.05, 0.1) is 18.1 Å². The van der Waals surface area contributed by atoms with Crippen molar-refractivity contribution in [3.05, 3.63) is 18.1 Å². The quantitative estimate of drug-likeness (QED) is 0.803. The van der Waals surface area contributed by atoms with E-state index in [-0.39, 0.29) is 0 Å². The SMILES string of the molecule is CNCc1cnc(N(CCC(C)C)C2CC2)cn1. The summed E-state index contributed by atoms with van der Waals surface area (Å²) in [6.45, 7) is 6.42. The molecule has 0 radical (unpaired) electrons. The Hall–Kier alpha value is -1.16. The largest absolute Gasteiger partial charge is 0.352 e. The molecule has 4 heteroatoms. The molecule has 0 atom stereocenters. The summed E-state index contributed by atoms with van der Waals surface area (Å²) in [4.78, 5) is 11.4. The van der Waals surface area contributed by atoms with Crippen molar-refractivity contribution >= 4 is 5.82 Å². The molecule has 1 aliphatic rings. The van der Waals surface area contributed by atoms with E-state index >= 15 is 0 Å². The fourth-order valence-corrected chi connectivity index (χ4v) is 2.04. The second-order valence-electron chi connectivity index (χ2n) is 5.50. The molecule has 2 rings (SSSR count). The summed E-state index contributed by atoms with van der Waals surface area (Å²) in [6.07, 6.45) is 7.63. The average molecular weight is 248 g/mol. The van der Waals surface area contributed by atoms with Crippen LogP contribution in [0, 0.1) is 5.92 Å². The van der Waals surface area contributed by atoms with E-state index in [1.54, 1.807) is 0 Å². The first-order chi connectivity index (χ1) is 8.70. The van der Waals surface area contributed by atoms with E-state index in [2.05, 4.69) is 34.0 Å². The van der Waals surface area contributed by atoms with Crippen LogP contribution in [0.1, 0.15) is 38.8 Å². The van der Waals surface area contributed by atoms with Gasteiger partial charge < -0.3 is 10.2 Å². The number of nitrogens with zero attached hydrogens (tertiary/aromatic N) is 3. The monoisotopic (exact) mass is 248 g/mol. The maximum atomic E-state index is 4.56. The molecule has 0 aliphatic heterocycles. The molecule has 0 unspecified atom stereocenters. The van der Waals surface area contributed by atoms with Crippen LogP contribution in [0.2, 0.25) is 0 Å². The molecule has 1 saturated carbocycles. The number of anilines is 1. The highest BCUT2D eigenvalue weighted by Gasteiger charge is 2.29. The summed E-state index contributed by atoms with van der Waals surface area (Å²) in [7, 11) is 1.93. The maximum absolute atomic E-state index is 4.56. The zero-order chi connectivity index (χ0) is 13.0. The fraction of sp³-hybridized carbons (Fsp3) is 0.714. The van der Waals surface area contributed by atoms with E-state index < -0.39 is 0 Å². The Morgan fingerprint density at radius 3 is 2.61 bits per heavy atom. The minimum Gasteiger partial charge on any atom is -0.352 e. The predicted molar refractivity (Wildman–Crippen MR) is 74.6 cm³/mol. The lowest BCUT2D eigenvalue weighted by Gasteiger charge is -2.24. The molecule has 4 nitrogen and oxygen atoms in total. The molecule has 0 bridgehead atoms. The minimum atomic E-state index is 0.702. The molecule has 18 heavy (non-hydrogen) atoms. The topological polar surface area (TPSA) is 41.1 Å². The van der Waals surface area contributed by atoms with Gasteiger partial charge in [0, 0.05) is 19.1 Å². The molecule has 0 saturated heterocycles. The molecule has 1 heterocycles. The lowest BCUT2D eigenvalue weighted by Crippen LogP contribution is -2.28. The number of hydrogen-bond acceptors (Lipinski definition) is 4. The maximum Gasteiger partial charge on any atom is 0.147 e.